The van der Waals surface area contributed by atoms with Gasteiger partial charge in [0.25, 0.3) is 11.8 Å². The average Bonchev–Trinajstić information content (AvgIpc) is 3.56. The molecule has 0 heterocycles. The second-order valence-electron chi connectivity index (χ2n) is 6.93. The van der Waals surface area contributed by atoms with Crippen molar-refractivity contribution in [3.8, 4) is 0 Å². The molecule has 1 aliphatic rings. The summed E-state index contributed by atoms with van der Waals surface area (Å²) in [5.74, 6) is -0.975. The Balaban J connectivity index is 1.43. The molecule has 9 heteroatoms. The lowest BCUT2D eigenvalue weighted by Crippen LogP contribution is -2.34. The third-order valence-corrected chi connectivity index (χ3v) is 4.51. The molecule has 0 unspecified atom stereocenters. The van der Waals surface area contributed by atoms with Crippen LogP contribution in [0.2, 0.25) is 0 Å². The smallest absolute Gasteiger partial charge is 0.350 e. The molecule has 3 N–H and O–H groups in total. The summed E-state index contributed by atoms with van der Waals surface area (Å²) >= 11 is 0. The monoisotopic (exact) mass is 419 g/mol. The Morgan fingerprint density at radius 3 is 2.03 bits per heavy atom. The summed E-state index contributed by atoms with van der Waals surface area (Å²) in [7, 11) is 0. The van der Waals surface area contributed by atoms with Crippen LogP contribution in [0.3, 0.4) is 0 Å². The minimum absolute atomic E-state index is 0.0243. The average molecular weight is 419 g/mol. The molecule has 0 aliphatic heterocycles. The molecule has 0 saturated heterocycles. The lowest BCUT2D eigenvalue weighted by Gasteiger charge is -2.10. The van der Waals surface area contributed by atoms with E-state index in [1.165, 1.54) is 6.07 Å². The zero-order valence-corrected chi connectivity index (χ0v) is 15.9. The van der Waals surface area contributed by atoms with Crippen molar-refractivity contribution in [2.24, 2.45) is 5.92 Å². The molecule has 6 nitrogen and oxygen atoms in total. The zero-order valence-electron chi connectivity index (χ0n) is 15.9. The highest BCUT2D eigenvalue weighted by molar-refractivity contribution is 5.97. The Kier molecular flexibility index (Phi) is 6.39. The van der Waals surface area contributed by atoms with Gasteiger partial charge in [-0.05, 0) is 55.3 Å². The number of amides is 3. The SMILES string of the molecule is O=C(NCCNC(=O)c1cccc(C(F)(F)F)c1)c1ccc(NC(=O)C2CC2)cc1. The van der Waals surface area contributed by atoms with Crippen molar-refractivity contribution in [2.75, 3.05) is 18.4 Å². The first kappa shape index (κ1) is 21.4. The molecule has 1 saturated carbocycles. The van der Waals surface area contributed by atoms with Gasteiger partial charge in [-0.15, -0.1) is 0 Å². The van der Waals surface area contributed by atoms with Gasteiger partial charge < -0.3 is 16.0 Å². The van der Waals surface area contributed by atoms with Gasteiger partial charge in [-0.25, -0.2) is 0 Å². The predicted molar refractivity (Wildman–Crippen MR) is 104 cm³/mol. The molecule has 158 valence electrons. The molecule has 30 heavy (non-hydrogen) atoms. The molecule has 2 aromatic rings. The first-order valence-electron chi connectivity index (χ1n) is 9.38. The Morgan fingerprint density at radius 2 is 1.47 bits per heavy atom. The van der Waals surface area contributed by atoms with E-state index in [0.717, 1.165) is 31.0 Å². The van der Waals surface area contributed by atoms with Gasteiger partial charge in [0.15, 0.2) is 0 Å². The number of benzene rings is 2. The van der Waals surface area contributed by atoms with E-state index in [4.69, 9.17) is 0 Å². The van der Waals surface area contributed by atoms with Crippen LogP contribution < -0.4 is 16.0 Å². The maximum atomic E-state index is 12.7. The number of hydrogen-bond acceptors (Lipinski definition) is 3. The van der Waals surface area contributed by atoms with Crippen LogP contribution in [0.25, 0.3) is 0 Å². The van der Waals surface area contributed by atoms with E-state index in [2.05, 4.69) is 16.0 Å². The van der Waals surface area contributed by atoms with E-state index in [1.807, 2.05) is 0 Å². The molecular weight excluding hydrogens is 399 g/mol. The lowest BCUT2D eigenvalue weighted by molar-refractivity contribution is -0.137. The Labute approximate surface area is 170 Å². The largest absolute Gasteiger partial charge is 0.416 e. The maximum Gasteiger partial charge on any atom is 0.416 e. The number of alkyl halides is 3. The number of carbonyl (C=O) groups excluding carboxylic acids is 3. The van der Waals surface area contributed by atoms with Crippen molar-refractivity contribution < 1.29 is 27.6 Å². The molecule has 0 spiro atoms. The molecule has 0 aromatic heterocycles. The minimum atomic E-state index is -4.53. The van der Waals surface area contributed by atoms with Crippen LogP contribution in [-0.4, -0.2) is 30.8 Å². The van der Waals surface area contributed by atoms with Crippen LogP contribution in [0.15, 0.2) is 48.5 Å². The van der Waals surface area contributed by atoms with E-state index >= 15 is 0 Å². The second-order valence-corrected chi connectivity index (χ2v) is 6.93. The highest BCUT2D eigenvalue weighted by Gasteiger charge is 2.31. The Bertz CT molecular complexity index is 939. The van der Waals surface area contributed by atoms with Crippen molar-refractivity contribution in [1.29, 1.82) is 0 Å². The van der Waals surface area contributed by atoms with Gasteiger partial charge in [0, 0.05) is 35.8 Å². The predicted octanol–water partition coefficient (Wildman–Crippen LogP) is 3.21. The molecule has 0 atom stereocenters. The highest BCUT2D eigenvalue weighted by Crippen LogP contribution is 2.30. The summed E-state index contributed by atoms with van der Waals surface area (Å²) in [5, 5.41) is 7.85. The first-order valence-corrected chi connectivity index (χ1v) is 9.38. The van der Waals surface area contributed by atoms with Gasteiger partial charge in [-0.2, -0.15) is 13.2 Å². The lowest BCUT2D eigenvalue weighted by atomic mass is 10.1. The van der Waals surface area contributed by atoms with Crippen molar-refractivity contribution in [3.63, 3.8) is 0 Å². The van der Waals surface area contributed by atoms with E-state index in [0.29, 0.717) is 11.3 Å². The van der Waals surface area contributed by atoms with Gasteiger partial charge >= 0.3 is 6.18 Å². The zero-order chi connectivity index (χ0) is 21.7. The van der Waals surface area contributed by atoms with Gasteiger partial charge in [0.05, 0.1) is 5.56 Å². The quantitative estimate of drug-likeness (QED) is 0.603. The van der Waals surface area contributed by atoms with Crippen molar-refractivity contribution >= 4 is 23.4 Å². The number of anilines is 1. The van der Waals surface area contributed by atoms with Crippen molar-refractivity contribution in [1.82, 2.24) is 10.6 Å². The third-order valence-electron chi connectivity index (χ3n) is 4.51. The molecule has 0 bridgehead atoms. The number of rotatable bonds is 7. The fraction of sp³-hybridized carbons (Fsp3) is 0.286. The van der Waals surface area contributed by atoms with E-state index < -0.39 is 17.6 Å². The third kappa shape index (κ3) is 5.82. The minimum Gasteiger partial charge on any atom is -0.350 e. The summed E-state index contributed by atoms with van der Waals surface area (Å²) in [5.41, 5.74) is -0.0272. The summed E-state index contributed by atoms with van der Waals surface area (Å²) in [4.78, 5) is 35.8. The normalized spacial score (nSPS) is 13.4. The van der Waals surface area contributed by atoms with Gasteiger partial charge in [-0.1, -0.05) is 6.07 Å². The number of carbonyl (C=O) groups is 3. The second kappa shape index (κ2) is 8.98. The molecule has 0 radical (unpaired) electrons. The van der Waals surface area contributed by atoms with E-state index in [-0.39, 0.29) is 36.4 Å². The molecule has 3 rings (SSSR count). The highest BCUT2D eigenvalue weighted by atomic mass is 19.4. The molecule has 2 aromatic carbocycles. The van der Waals surface area contributed by atoms with Crippen LogP contribution in [0.5, 0.6) is 0 Å². The van der Waals surface area contributed by atoms with Gasteiger partial charge in [0.2, 0.25) is 5.91 Å². The summed E-state index contributed by atoms with van der Waals surface area (Å²) < 4.78 is 38.1. The molecule has 1 aliphatic carbocycles. The summed E-state index contributed by atoms with van der Waals surface area (Å²) in [6.07, 6.45) is -2.73. The van der Waals surface area contributed by atoms with Crippen molar-refractivity contribution in [3.05, 3.63) is 65.2 Å². The number of nitrogens with one attached hydrogen (secondary N) is 3. The van der Waals surface area contributed by atoms with Crippen LogP contribution >= 0.6 is 0 Å². The van der Waals surface area contributed by atoms with Crippen molar-refractivity contribution in [2.45, 2.75) is 19.0 Å². The van der Waals surface area contributed by atoms with Gasteiger partial charge in [0.1, 0.15) is 0 Å². The van der Waals surface area contributed by atoms with Crippen LogP contribution in [-0.2, 0) is 11.0 Å². The molecule has 1 fully saturated rings. The Morgan fingerprint density at radius 1 is 0.867 bits per heavy atom. The van der Waals surface area contributed by atoms with Crippen LogP contribution in [0, 0.1) is 5.92 Å². The summed E-state index contributed by atoms with van der Waals surface area (Å²) in [6, 6.07) is 10.5. The molecular formula is C21H20F3N3O3. The standard InChI is InChI=1S/C21H20F3N3O3/c22-21(23,24)16-3-1-2-15(12-16)19(29)26-11-10-25-18(28)13-6-8-17(9-7-13)27-20(30)14-4-5-14/h1-3,6-9,12,14H,4-5,10-11H2,(H,25,28)(H,26,29)(H,27,30). The topological polar surface area (TPSA) is 87.3 Å². The summed E-state index contributed by atoms with van der Waals surface area (Å²) in [6.45, 7) is 0.153. The Hall–Kier alpha value is -3.36. The van der Waals surface area contributed by atoms with E-state index in [9.17, 15) is 27.6 Å². The van der Waals surface area contributed by atoms with Gasteiger partial charge in [-0.3, -0.25) is 14.4 Å². The number of halogens is 3. The first-order chi connectivity index (χ1) is 14.2. The van der Waals surface area contributed by atoms with Crippen LogP contribution in [0.1, 0.15) is 39.1 Å². The van der Waals surface area contributed by atoms with E-state index in [1.54, 1.807) is 24.3 Å². The number of hydrogen-bond donors (Lipinski definition) is 3. The van der Waals surface area contributed by atoms with Crippen LogP contribution in [0.4, 0.5) is 18.9 Å². The fourth-order valence-electron chi connectivity index (χ4n) is 2.69. The maximum absolute atomic E-state index is 12.7. The fourth-order valence-corrected chi connectivity index (χ4v) is 2.69. The molecule has 3 amide bonds.